The number of aliphatic hydroxyl groups is 4. The van der Waals surface area contributed by atoms with Crippen LogP contribution in [-0.4, -0.2) is 70.0 Å². The third kappa shape index (κ3) is 32.1. The average molecular weight is 665 g/mol. The Bertz CT molecular complexity index is 863. The molecule has 8 heteroatoms. The number of allylic oxidation sites excluding steroid dienone is 6. The number of hydrogen-bond acceptors (Lipinski definition) is 8. The lowest BCUT2D eigenvalue weighted by molar-refractivity contribution is -0.152. The highest BCUT2D eigenvalue weighted by atomic mass is 16.6. The Morgan fingerprint density at radius 2 is 1.02 bits per heavy atom. The van der Waals surface area contributed by atoms with Gasteiger partial charge < -0.3 is 29.9 Å². The van der Waals surface area contributed by atoms with Crippen molar-refractivity contribution in [1.29, 1.82) is 0 Å². The van der Waals surface area contributed by atoms with E-state index in [2.05, 4.69) is 20.8 Å². The van der Waals surface area contributed by atoms with Gasteiger partial charge in [-0.25, -0.2) is 0 Å². The van der Waals surface area contributed by atoms with E-state index in [1.807, 2.05) is 6.08 Å². The zero-order chi connectivity index (χ0) is 35.0. The van der Waals surface area contributed by atoms with Crippen LogP contribution in [0.25, 0.3) is 0 Å². The van der Waals surface area contributed by atoms with Crippen molar-refractivity contribution in [2.75, 3.05) is 13.2 Å². The number of ether oxygens (including phenoxy) is 2. The van der Waals surface area contributed by atoms with Crippen LogP contribution in [0.2, 0.25) is 0 Å². The fourth-order valence-corrected chi connectivity index (χ4v) is 4.89. The molecule has 0 saturated carbocycles. The summed E-state index contributed by atoms with van der Waals surface area (Å²) in [5.74, 6) is -0.0797. The van der Waals surface area contributed by atoms with Crippen molar-refractivity contribution in [3.63, 3.8) is 0 Å². The number of hydrogen-bond donors (Lipinski definition) is 4. The maximum atomic E-state index is 12.0. The summed E-state index contributed by atoms with van der Waals surface area (Å²) in [4.78, 5) is 23.9. The monoisotopic (exact) mass is 664 g/mol. The van der Waals surface area contributed by atoms with E-state index in [4.69, 9.17) is 9.47 Å². The minimum absolute atomic E-state index is 0.0316. The summed E-state index contributed by atoms with van der Waals surface area (Å²) in [6, 6.07) is 0. The van der Waals surface area contributed by atoms with Crippen LogP contribution in [0.15, 0.2) is 48.6 Å². The maximum Gasteiger partial charge on any atom is 0.305 e. The molecule has 0 aliphatic carbocycles. The highest BCUT2D eigenvalue weighted by Gasteiger charge is 2.15. The van der Waals surface area contributed by atoms with Gasteiger partial charge in [0.25, 0.3) is 0 Å². The van der Waals surface area contributed by atoms with Gasteiger partial charge in [-0.15, -0.1) is 0 Å². The van der Waals surface area contributed by atoms with E-state index < -0.39 is 30.4 Å². The molecular formula is C39H68O8. The smallest absolute Gasteiger partial charge is 0.305 e. The molecule has 4 atom stereocenters. The highest BCUT2D eigenvalue weighted by molar-refractivity contribution is 5.69. The van der Waals surface area contributed by atoms with Gasteiger partial charge in [0.2, 0.25) is 0 Å². The van der Waals surface area contributed by atoms with E-state index >= 15 is 0 Å². The van der Waals surface area contributed by atoms with Gasteiger partial charge in [0.1, 0.15) is 19.3 Å². The second-order valence-corrected chi connectivity index (χ2v) is 13.0. The largest absolute Gasteiger partial charge is 0.463 e. The summed E-state index contributed by atoms with van der Waals surface area (Å²) >= 11 is 0. The van der Waals surface area contributed by atoms with Crippen molar-refractivity contribution in [1.82, 2.24) is 0 Å². The quantitative estimate of drug-likeness (QED) is 0.0335. The van der Waals surface area contributed by atoms with E-state index in [1.54, 1.807) is 36.5 Å². The number of aliphatic hydroxyl groups excluding tert-OH is 4. The molecule has 0 fully saturated rings. The Kier molecular flexibility index (Phi) is 30.7. The zero-order valence-electron chi connectivity index (χ0n) is 29.8. The van der Waals surface area contributed by atoms with E-state index in [0.29, 0.717) is 12.8 Å². The molecule has 0 radical (unpaired) electrons. The second kappa shape index (κ2) is 32.3. The normalized spacial score (nSPS) is 14.9. The fourth-order valence-electron chi connectivity index (χ4n) is 4.89. The van der Waals surface area contributed by atoms with Crippen LogP contribution < -0.4 is 0 Å². The Balaban J connectivity index is 3.82. The lowest BCUT2D eigenvalue weighted by Crippen LogP contribution is -2.26. The van der Waals surface area contributed by atoms with Gasteiger partial charge in [0, 0.05) is 12.8 Å². The lowest BCUT2D eigenvalue weighted by Gasteiger charge is -2.14. The van der Waals surface area contributed by atoms with Gasteiger partial charge in [0.05, 0.1) is 18.3 Å². The highest BCUT2D eigenvalue weighted by Crippen LogP contribution is 2.14. The predicted molar refractivity (Wildman–Crippen MR) is 191 cm³/mol. The van der Waals surface area contributed by atoms with Crippen LogP contribution in [0.3, 0.4) is 0 Å². The van der Waals surface area contributed by atoms with Crippen LogP contribution in [0.4, 0.5) is 0 Å². The number of unbranched alkanes of at least 4 members (excludes halogenated alkanes) is 11. The molecule has 0 aromatic heterocycles. The Morgan fingerprint density at radius 1 is 0.553 bits per heavy atom. The molecule has 0 bridgehead atoms. The minimum atomic E-state index is -1.09. The third-order valence-electron chi connectivity index (χ3n) is 7.86. The lowest BCUT2D eigenvalue weighted by atomic mass is 10.0. The van der Waals surface area contributed by atoms with Gasteiger partial charge in [-0.1, -0.05) is 153 Å². The first-order valence-electron chi connectivity index (χ1n) is 18.4. The molecule has 0 aliphatic rings. The van der Waals surface area contributed by atoms with Gasteiger partial charge in [-0.3, -0.25) is 9.59 Å². The molecule has 47 heavy (non-hydrogen) atoms. The topological polar surface area (TPSA) is 134 Å². The molecule has 0 aliphatic heterocycles. The number of carbonyl (C=O) groups excluding carboxylic acids is 2. The van der Waals surface area contributed by atoms with E-state index in [1.165, 1.54) is 57.4 Å². The molecule has 4 N–H and O–H groups in total. The fraction of sp³-hybridized carbons (Fsp3) is 0.744. The summed E-state index contributed by atoms with van der Waals surface area (Å²) in [6.07, 6.45) is 28.3. The summed E-state index contributed by atoms with van der Waals surface area (Å²) in [5, 5.41) is 40.0. The molecule has 0 saturated heterocycles. The minimum Gasteiger partial charge on any atom is -0.463 e. The maximum absolute atomic E-state index is 12.0. The van der Waals surface area contributed by atoms with Crippen LogP contribution >= 0.6 is 0 Å². The molecule has 0 heterocycles. The Morgan fingerprint density at radius 3 is 1.57 bits per heavy atom. The van der Waals surface area contributed by atoms with Crippen LogP contribution in [0, 0.1) is 5.92 Å². The van der Waals surface area contributed by atoms with Crippen molar-refractivity contribution in [3.8, 4) is 0 Å². The molecule has 0 spiro atoms. The van der Waals surface area contributed by atoms with Crippen LogP contribution in [0.1, 0.15) is 143 Å². The number of carbonyl (C=O) groups is 2. The van der Waals surface area contributed by atoms with Gasteiger partial charge >= 0.3 is 11.9 Å². The molecule has 0 amide bonds. The summed E-state index contributed by atoms with van der Waals surface area (Å²) in [6.45, 7) is 6.20. The molecule has 0 aromatic carbocycles. The summed E-state index contributed by atoms with van der Waals surface area (Å²) in [7, 11) is 0. The zero-order valence-corrected chi connectivity index (χ0v) is 29.8. The first-order chi connectivity index (χ1) is 22.6. The summed E-state index contributed by atoms with van der Waals surface area (Å²) < 4.78 is 10.1. The van der Waals surface area contributed by atoms with Gasteiger partial charge in [-0.2, -0.15) is 0 Å². The van der Waals surface area contributed by atoms with Crippen molar-refractivity contribution < 1.29 is 39.5 Å². The Hall–Kier alpha value is -2.26. The van der Waals surface area contributed by atoms with Crippen molar-refractivity contribution in [3.05, 3.63) is 48.6 Å². The standard InChI is InChI=1S/C39H68O8/c1-4-5-18-25-34(40)26-20-15-12-13-16-21-27-36(42)37(43)28-23-30-39(45)47-32-35(41)31-46-38(44)29-22-17-11-9-7-6-8-10-14-19-24-33(2)3/h12-13,15-16,20-21,26-27,33-37,40-43H,4-11,14,17-19,22-25,28-32H2,1-3H3/b15-12-,16-13+,26-20+,27-21+/t34-,35-,36-,37-/m1/s1. The predicted octanol–water partition coefficient (Wildman–Crippen LogP) is 7.83. The van der Waals surface area contributed by atoms with Crippen molar-refractivity contribution >= 4 is 11.9 Å². The molecule has 8 nitrogen and oxygen atoms in total. The molecule has 0 unspecified atom stereocenters. The summed E-state index contributed by atoms with van der Waals surface area (Å²) in [5.41, 5.74) is 0. The molecule has 0 rings (SSSR count). The SMILES string of the molecule is CCCCC[C@@H](O)/C=C/C=C\C=C\C=C\[C@@H](O)[C@H](O)CCCC(=O)OC[C@H](O)COC(=O)CCCCCCCCCCCCC(C)C. The average Bonchev–Trinajstić information content (AvgIpc) is 3.04. The van der Waals surface area contributed by atoms with E-state index in [-0.39, 0.29) is 32.0 Å². The molecule has 0 aromatic rings. The number of esters is 2. The van der Waals surface area contributed by atoms with Crippen LogP contribution in [0.5, 0.6) is 0 Å². The van der Waals surface area contributed by atoms with Crippen molar-refractivity contribution in [2.24, 2.45) is 5.92 Å². The Labute approximate surface area is 286 Å². The second-order valence-electron chi connectivity index (χ2n) is 13.0. The first kappa shape index (κ1) is 44.7. The molecular weight excluding hydrogens is 596 g/mol. The van der Waals surface area contributed by atoms with Crippen LogP contribution in [-0.2, 0) is 19.1 Å². The third-order valence-corrected chi connectivity index (χ3v) is 7.86. The van der Waals surface area contributed by atoms with Gasteiger partial charge in [-0.05, 0) is 31.6 Å². The molecule has 272 valence electrons. The van der Waals surface area contributed by atoms with E-state index in [9.17, 15) is 30.0 Å². The van der Waals surface area contributed by atoms with E-state index in [0.717, 1.165) is 50.9 Å². The van der Waals surface area contributed by atoms with Gasteiger partial charge in [0.15, 0.2) is 0 Å². The first-order valence-corrected chi connectivity index (χ1v) is 18.4. The van der Waals surface area contributed by atoms with Crippen molar-refractivity contribution in [2.45, 2.75) is 167 Å². The number of rotatable bonds is 31.